The zero-order chi connectivity index (χ0) is 11.8. The van der Waals surface area contributed by atoms with Crippen LogP contribution in [0.1, 0.15) is 37.3 Å². The van der Waals surface area contributed by atoms with Crippen LogP contribution in [0.2, 0.25) is 0 Å². The quantitative estimate of drug-likeness (QED) is 0.842. The van der Waals surface area contributed by atoms with E-state index in [-0.39, 0.29) is 6.10 Å². The van der Waals surface area contributed by atoms with Gasteiger partial charge in [-0.15, -0.1) is 0 Å². The summed E-state index contributed by atoms with van der Waals surface area (Å²) >= 11 is 0. The highest BCUT2D eigenvalue weighted by molar-refractivity contribution is 5.23. The molecule has 1 aromatic carbocycles. The van der Waals surface area contributed by atoms with Crippen molar-refractivity contribution in [3.05, 3.63) is 35.4 Å². The maximum Gasteiger partial charge on any atom is 0.0608 e. The van der Waals surface area contributed by atoms with Crippen LogP contribution in [0.15, 0.2) is 24.3 Å². The van der Waals surface area contributed by atoms with Crippen molar-refractivity contribution in [1.82, 2.24) is 0 Å². The highest BCUT2D eigenvalue weighted by Gasteiger charge is 2.47. The zero-order valence-electron chi connectivity index (χ0n) is 10.6. The van der Waals surface area contributed by atoms with Gasteiger partial charge in [0.05, 0.1) is 6.10 Å². The minimum Gasteiger partial charge on any atom is -0.392 e. The first-order valence-corrected chi connectivity index (χ1v) is 7.02. The molecule has 0 aliphatic heterocycles. The third-order valence-corrected chi connectivity index (χ3v) is 4.70. The first-order chi connectivity index (χ1) is 8.26. The van der Waals surface area contributed by atoms with Gasteiger partial charge in [0.15, 0.2) is 0 Å². The van der Waals surface area contributed by atoms with Crippen molar-refractivity contribution in [3.63, 3.8) is 0 Å². The molecule has 1 aromatic rings. The summed E-state index contributed by atoms with van der Waals surface area (Å²) in [7, 11) is 0. The number of benzene rings is 1. The Morgan fingerprint density at radius 2 is 1.65 bits per heavy atom. The third-order valence-electron chi connectivity index (χ3n) is 4.70. The molecule has 17 heavy (non-hydrogen) atoms. The molecule has 2 fully saturated rings. The molecule has 0 amide bonds. The minimum atomic E-state index is -0.115. The van der Waals surface area contributed by atoms with Crippen LogP contribution < -0.4 is 0 Å². The standard InChI is InChI=1S/C16H22O/c1-2-11-3-5-12(6-4-11)7-16(17)15-9-13-8-14(13)10-15/h3-6,13-17H,2,7-10H2,1H3. The van der Waals surface area contributed by atoms with E-state index in [4.69, 9.17) is 0 Å². The molecule has 1 nitrogen and oxygen atoms in total. The van der Waals surface area contributed by atoms with E-state index in [1.165, 1.54) is 30.4 Å². The average Bonchev–Trinajstić information content (AvgIpc) is 2.97. The number of aryl methyl sites for hydroxylation is 1. The van der Waals surface area contributed by atoms with Crippen LogP contribution in [0.5, 0.6) is 0 Å². The molecule has 0 saturated heterocycles. The highest BCUT2D eigenvalue weighted by Crippen LogP contribution is 2.55. The minimum absolute atomic E-state index is 0.115. The molecule has 0 bridgehead atoms. The Morgan fingerprint density at radius 3 is 2.24 bits per heavy atom. The summed E-state index contributed by atoms with van der Waals surface area (Å²) in [4.78, 5) is 0. The normalized spacial score (nSPS) is 32.2. The van der Waals surface area contributed by atoms with Crippen molar-refractivity contribution in [2.45, 2.75) is 45.1 Å². The Balaban J connectivity index is 1.57. The maximum atomic E-state index is 10.3. The Labute approximate surface area is 104 Å². The monoisotopic (exact) mass is 230 g/mol. The lowest BCUT2D eigenvalue weighted by molar-refractivity contribution is 0.104. The van der Waals surface area contributed by atoms with Crippen LogP contribution in [0.25, 0.3) is 0 Å². The Bertz CT molecular complexity index is 371. The van der Waals surface area contributed by atoms with Crippen molar-refractivity contribution in [1.29, 1.82) is 0 Å². The van der Waals surface area contributed by atoms with Gasteiger partial charge in [-0.2, -0.15) is 0 Å². The summed E-state index contributed by atoms with van der Waals surface area (Å²) in [5, 5.41) is 10.3. The fourth-order valence-corrected chi connectivity index (χ4v) is 3.39. The second-order valence-corrected chi connectivity index (χ2v) is 5.93. The van der Waals surface area contributed by atoms with Crippen LogP contribution in [0.4, 0.5) is 0 Å². The number of aliphatic hydroxyl groups is 1. The zero-order valence-corrected chi connectivity index (χ0v) is 10.6. The molecule has 0 heterocycles. The molecule has 0 aromatic heterocycles. The second-order valence-electron chi connectivity index (χ2n) is 5.93. The molecule has 0 radical (unpaired) electrons. The predicted octanol–water partition coefficient (Wildman–Crippen LogP) is 3.20. The molecule has 3 unspecified atom stereocenters. The first kappa shape index (κ1) is 11.3. The summed E-state index contributed by atoms with van der Waals surface area (Å²) in [6, 6.07) is 8.73. The molecule has 0 spiro atoms. The van der Waals surface area contributed by atoms with Gasteiger partial charge in [-0.3, -0.25) is 0 Å². The molecule has 92 valence electrons. The summed E-state index contributed by atoms with van der Waals surface area (Å²) in [5.74, 6) is 2.51. The lowest BCUT2D eigenvalue weighted by Crippen LogP contribution is -2.21. The van der Waals surface area contributed by atoms with Gasteiger partial charge in [0.1, 0.15) is 0 Å². The number of hydrogen-bond acceptors (Lipinski definition) is 1. The summed E-state index contributed by atoms with van der Waals surface area (Å²) in [6.45, 7) is 2.18. The largest absolute Gasteiger partial charge is 0.392 e. The Kier molecular flexibility index (Phi) is 2.96. The van der Waals surface area contributed by atoms with Crippen LogP contribution in [0, 0.1) is 17.8 Å². The molecule has 3 atom stereocenters. The van der Waals surface area contributed by atoms with E-state index >= 15 is 0 Å². The van der Waals surface area contributed by atoms with Gasteiger partial charge in [-0.05, 0) is 61.0 Å². The van der Waals surface area contributed by atoms with Crippen molar-refractivity contribution in [2.24, 2.45) is 17.8 Å². The van der Waals surface area contributed by atoms with Crippen LogP contribution in [-0.2, 0) is 12.8 Å². The molecule has 2 aliphatic rings. The van der Waals surface area contributed by atoms with Crippen molar-refractivity contribution < 1.29 is 5.11 Å². The SMILES string of the molecule is CCc1ccc(CC(O)C2CC3CC3C2)cc1. The lowest BCUT2D eigenvalue weighted by Gasteiger charge is -2.19. The molecule has 3 rings (SSSR count). The first-order valence-electron chi connectivity index (χ1n) is 7.02. The smallest absolute Gasteiger partial charge is 0.0608 e. The lowest BCUT2D eigenvalue weighted by atomic mass is 9.92. The van der Waals surface area contributed by atoms with Gasteiger partial charge in [0.25, 0.3) is 0 Å². The van der Waals surface area contributed by atoms with Crippen LogP contribution in [0.3, 0.4) is 0 Å². The van der Waals surface area contributed by atoms with Crippen molar-refractivity contribution >= 4 is 0 Å². The van der Waals surface area contributed by atoms with Gasteiger partial charge in [0.2, 0.25) is 0 Å². The van der Waals surface area contributed by atoms with E-state index in [0.717, 1.165) is 24.7 Å². The van der Waals surface area contributed by atoms with Crippen molar-refractivity contribution in [3.8, 4) is 0 Å². The maximum absolute atomic E-state index is 10.3. The van der Waals surface area contributed by atoms with Crippen LogP contribution in [-0.4, -0.2) is 11.2 Å². The molecular weight excluding hydrogens is 208 g/mol. The summed E-state index contributed by atoms with van der Waals surface area (Å²) in [5.41, 5.74) is 2.67. The van der Waals surface area contributed by atoms with E-state index in [2.05, 4.69) is 31.2 Å². The van der Waals surface area contributed by atoms with E-state index in [0.29, 0.717) is 5.92 Å². The van der Waals surface area contributed by atoms with Crippen molar-refractivity contribution in [2.75, 3.05) is 0 Å². The van der Waals surface area contributed by atoms with Gasteiger partial charge < -0.3 is 5.11 Å². The van der Waals surface area contributed by atoms with E-state index in [1.54, 1.807) is 0 Å². The van der Waals surface area contributed by atoms with Gasteiger partial charge in [-0.1, -0.05) is 31.2 Å². The topological polar surface area (TPSA) is 20.2 Å². The van der Waals surface area contributed by atoms with E-state index < -0.39 is 0 Å². The predicted molar refractivity (Wildman–Crippen MR) is 69.9 cm³/mol. The highest BCUT2D eigenvalue weighted by atomic mass is 16.3. The molecule has 1 heteroatoms. The summed E-state index contributed by atoms with van der Waals surface area (Å²) < 4.78 is 0. The van der Waals surface area contributed by atoms with Gasteiger partial charge in [0, 0.05) is 0 Å². The third kappa shape index (κ3) is 2.40. The molecule has 1 N–H and O–H groups in total. The van der Waals surface area contributed by atoms with Crippen LogP contribution >= 0.6 is 0 Å². The fourth-order valence-electron chi connectivity index (χ4n) is 3.39. The molecule has 2 aliphatic carbocycles. The molecular formula is C16H22O. The van der Waals surface area contributed by atoms with Gasteiger partial charge in [-0.25, -0.2) is 0 Å². The van der Waals surface area contributed by atoms with E-state index in [9.17, 15) is 5.11 Å². The fraction of sp³-hybridized carbons (Fsp3) is 0.625. The Hall–Kier alpha value is -0.820. The average molecular weight is 230 g/mol. The number of fused-ring (bicyclic) bond motifs is 1. The Morgan fingerprint density at radius 1 is 1.06 bits per heavy atom. The number of aliphatic hydroxyl groups excluding tert-OH is 1. The second kappa shape index (κ2) is 4.45. The summed E-state index contributed by atoms with van der Waals surface area (Å²) in [6.07, 6.45) is 5.81. The van der Waals surface area contributed by atoms with E-state index in [1.807, 2.05) is 0 Å². The molecule has 2 saturated carbocycles. The number of rotatable bonds is 4. The van der Waals surface area contributed by atoms with Gasteiger partial charge >= 0.3 is 0 Å². The number of hydrogen-bond donors (Lipinski definition) is 1.